The number of nitrogens with zero attached hydrogens (tertiary/aromatic N) is 2. The fraction of sp³-hybridized carbons (Fsp3) is 0.650. The summed E-state index contributed by atoms with van der Waals surface area (Å²) in [7, 11) is 4.02. The van der Waals surface area contributed by atoms with E-state index in [0.29, 0.717) is 17.9 Å². The number of carbonyl (C=O) groups excluding carboxylic acids is 1. The second-order valence-electron chi connectivity index (χ2n) is 7.54. The molecule has 138 valence electrons. The Morgan fingerprint density at radius 3 is 2.76 bits per heavy atom. The Morgan fingerprint density at radius 2 is 2.00 bits per heavy atom. The van der Waals surface area contributed by atoms with Crippen LogP contribution in [0.2, 0.25) is 0 Å². The van der Waals surface area contributed by atoms with Crippen LogP contribution < -0.4 is 10.1 Å². The lowest BCUT2D eigenvalue weighted by molar-refractivity contribution is 0.0931. The van der Waals surface area contributed by atoms with E-state index in [-0.39, 0.29) is 11.9 Å². The van der Waals surface area contributed by atoms with E-state index in [2.05, 4.69) is 15.1 Å². The molecule has 1 aromatic rings. The Bertz CT molecular complexity index is 570. The van der Waals surface area contributed by atoms with E-state index < -0.39 is 0 Å². The molecule has 1 N–H and O–H groups in total. The van der Waals surface area contributed by atoms with Crippen molar-refractivity contribution in [1.82, 2.24) is 15.1 Å². The standard InChI is InChI=1S/C20H31N3O2/c1-22(2)13-14-25-19-10-6-5-9-18(19)20(24)21-16-11-12-23(15-16)17-7-3-4-8-17/h5-6,9-10,16-17H,3-4,7-8,11-15H2,1-2H3,(H,21,24). The average molecular weight is 345 g/mol. The Morgan fingerprint density at radius 1 is 1.24 bits per heavy atom. The second kappa shape index (κ2) is 8.68. The zero-order valence-corrected chi connectivity index (χ0v) is 15.5. The van der Waals surface area contributed by atoms with E-state index in [4.69, 9.17) is 4.74 Å². The SMILES string of the molecule is CN(C)CCOc1ccccc1C(=O)NC1CCN(C2CCCC2)C1. The lowest BCUT2D eigenvalue weighted by atomic mass is 10.1. The Labute approximate surface area is 151 Å². The predicted octanol–water partition coefficient (Wildman–Crippen LogP) is 2.37. The van der Waals surface area contributed by atoms with Crippen LogP contribution in [0, 0.1) is 0 Å². The van der Waals surface area contributed by atoms with Crippen LogP contribution in [0.5, 0.6) is 5.75 Å². The molecular weight excluding hydrogens is 314 g/mol. The first kappa shape index (κ1) is 18.2. The minimum atomic E-state index is -0.0151. The molecule has 25 heavy (non-hydrogen) atoms. The number of rotatable bonds is 7. The summed E-state index contributed by atoms with van der Waals surface area (Å²) < 4.78 is 5.82. The van der Waals surface area contributed by atoms with Gasteiger partial charge in [0.2, 0.25) is 0 Å². The van der Waals surface area contributed by atoms with Crippen molar-refractivity contribution in [3.8, 4) is 5.75 Å². The quantitative estimate of drug-likeness (QED) is 0.824. The van der Waals surface area contributed by atoms with Crippen LogP contribution in [0.1, 0.15) is 42.5 Å². The number of hydrogen-bond donors (Lipinski definition) is 1. The highest BCUT2D eigenvalue weighted by Crippen LogP contribution is 2.27. The molecule has 2 aliphatic rings. The van der Waals surface area contributed by atoms with E-state index in [0.717, 1.165) is 32.1 Å². The molecule has 1 saturated carbocycles. The van der Waals surface area contributed by atoms with Gasteiger partial charge in [0.25, 0.3) is 5.91 Å². The summed E-state index contributed by atoms with van der Waals surface area (Å²) in [4.78, 5) is 17.4. The van der Waals surface area contributed by atoms with Crippen molar-refractivity contribution >= 4 is 5.91 Å². The third kappa shape index (κ3) is 4.95. The van der Waals surface area contributed by atoms with Crippen LogP contribution in [0.3, 0.4) is 0 Å². The van der Waals surface area contributed by atoms with Crippen molar-refractivity contribution in [1.29, 1.82) is 0 Å². The molecule has 1 unspecified atom stereocenters. The van der Waals surface area contributed by atoms with Crippen LogP contribution in [-0.2, 0) is 0 Å². The molecule has 1 aliphatic heterocycles. The molecule has 5 nitrogen and oxygen atoms in total. The van der Waals surface area contributed by atoms with Crippen LogP contribution in [-0.4, -0.2) is 68.1 Å². The highest BCUT2D eigenvalue weighted by atomic mass is 16.5. The first-order chi connectivity index (χ1) is 12.1. The minimum absolute atomic E-state index is 0.0151. The van der Waals surface area contributed by atoms with Gasteiger partial charge in [-0.05, 0) is 45.5 Å². The number of carbonyl (C=O) groups is 1. The average Bonchev–Trinajstić information content (AvgIpc) is 3.26. The van der Waals surface area contributed by atoms with Gasteiger partial charge in [0.15, 0.2) is 0 Å². The van der Waals surface area contributed by atoms with Crippen molar-refractivity contribution < 1.29 is 9.53 Å². The summed E-state index contributed by atoms with van der Waals surface area (Å²) in [5, 5.41) is 3.22. The molecule has 0 radical (unpaired) electrons. The molecule has 1 atom stereocenters. The van der Waals surface area contributed by atoms with E-state index in [1.165, 1.54) is 25.7 Å². The number of para-hydroxylation sites is 1. The minimum Gasteiger partial charge on any atom is -0.491 e. The number of likely N-dealkylation sites (tertiary alicyclic amines) is 1. The number of ether oxygens (including phenoxy) is 1. The van der Waals surface area contributed by atoms with E-state index in [1.54, 1.807) is 0 Å². The zero-order valence-electron chi connectivity index (χ0n) is 15.5. The van der Waals surface area contributed by atoms with Crippen LogP contribution in [0.4, 0.5) is 0 Å². The van der Waals surface area contributed by atoms with Crippen LogP contribution in [0.25, 0.3) is 0 Å². The summed E-state index contributed by atoms with van der Waals surface area (Å²) in [6.07, 6.45) is 6.41. The van der Waals surface area contributed by atoms with Gasteiger partial charge in [-0.25, -0.2) is 0 Å². The molecule has 1 amide bonds. The fourth-order valence-corrected chi connectivity index (χ4v) is 3.89. The summed E-state index contributed by atoms with van der Waals surface area (Å²) in [5.74, 6) is 0.659. The van der Waals surface area contributed by atoms with E-state index >= 15 is 0 Å². The molecule has 5 heteroatoms. The van der Waals surface area contributed by atoms with Gasteiger partial charge in [-0.1, -0.05) is 25.0 Å². The maximum absolute atomic E-state index is 12.7. The maximum Gasteiger partial charge on any atom is 0.255 e. The smallest absolute Gasteiger partial charge is 0.255 e. The topological polar surface area (TPSA) is 44.8 Å². The van der Waals surface area contributed by atoms with Gasteiger partial charge in [0.05, 0.1) is 5.56 Å². The summed E-state index contributed by atoms with van der Waals surface area (Å²) in [5.41, 5.74) is 0.639. The molecule has 1 heterocycles. The summed E-state index contributed by atoms with van der Waals surface area (Å²) in [6, 6.07) is 8.53. The highest BCUT2D eigenvalue weighted by Gasteiger charge is 2.31. The predicted molar refractivity (Wildman–Crippen MR) is 100 cm³/mol. The first-order valence-electron chi connectivity index (χ1n) is 9.55. The van der Waals surface area contributed by atoms with Gasteiger partial charge in [-0.3, -0.25) is 9.69 Å². The third-order valence-electron chi connectivity index (χ3n) is 5.32. The number of likely N-dealkylation sites (N-methyl/N-ethyl adjacent to an activating group) is 1. The Kier molecular flexibility index (Phi) is 6.32. The molecule has 0 bridgehead atoms. The summed E-state index contributed by atoms with van der Waals surface area (Å²) >= 11 is 0. The molecule has 0 spiro atoms. The number of hydrogen-bond acceptors (Lipinski definition) is 4. The van der Waals surface area contributed by atoms with Crippen molar-refractivity contribution in [3.05, 3.63) is 29.8 Å². The molecule has 2 fully saturated rings. The molecule has 3 rings (SSSR count). The maximum atomic E-state index is 12.7. The van der Waals surface area contributed by atoms with Crippen molar-refractivity contribution in [2.45, 2.75) is 44.2 Å². The lowest BCUT2D eigenvalue weighted by Crippen LogP contribution is -2.39. The van der Waals surface area contributed by atoms with Crippen molar-refractivity contribution in [2.75, 3.05) is 40.3 Å². The monoisotopic (exact) mass is 345 g/mol. The zero-order chi connectivity index (χ0) is 17.6. The van der Waals surface area contributed by atoms with Crippen molar-refractivity contribution in [3.63, 3.8) is 0 Å². The second-order valence-corrected chi connectivity index (χ2v) is 7.54. The number of nitrogens with one attached hydrogen (secondary N) is 1. The fourth-order valence-electron chi connectivity index (χ4n) is 3.89. The molecule has 1 saturated heterocycles. The molecule has 0 aromatic heterocycles. The van der Waals surface area contributed by atoms with E-state index in [9.17, 15) is 4.79 Å². The van der Waals surface area contributed by atoms with Crippen molar-refractivity contribution in [2.24, 2.45) is 0 Å². The third-order valence-corrected chi connectivity index (χ3v) is 5.32. The van der Waals surface area contributed by atoms with Gasteiger partial charge >= 0.3 is 0 Å². The van der Waals surface area contributed by atoms with Gasteiger partial charge in [-0.15, -0.1) is 0 Å². The first-order valence-corrected chi connectivity index (χ1v) is 9.55. The molecular formula is C20H31N3O2. The normalized spacial score (nSPS) is 21.8. The summed E-state index contributed by atoms with van der Waals surface area (Å²) in [6.45, 7) is 3.50. The van der Waals surface area contributed by atoms with Gasteiger partial charge in [0.1, 0.15) is 12.4 Å². The largest absolute Gasteiger partial charge is 0.491 e. The van der Waals surface area contributed by atoms with Crippen LogP contribution in [0.15, 0.2) is 24.3 Å². The van der Waals surface area contributed by atoms with Gasteiger partial charge in [-0.2, -0.15) is 0 Å². The molecule has 1 aromatic carbocycles. The molecule has 1 aliphatic carbocycles. The van der Waals surface area contributed by atoms with Gasteiger partial charge in [0, 0.05) is 31.7 Å². The van der Waals surface area contributed by atoms with Gasteiger partial charge < -0.3 is 15.0 Å². The number of amides is 1. The number of benzene rings is 1. The Balaban J connectivity index is 1.54. The van der Waals surface area contributed by atoms with Crippen LogP contribution >= 0.6 is 0 Å². The van der Waals surface area contributed by atoms with E-state index in [1.807, 2.05) is 38.4 Å². The Hall–Kier alpha value is -1.59. The lowest BCUT2D eigenvalue weighted by Gasteiger charge is -2.23. The highest BCUT2D eigenvalue weighted by molar-refractivity contribution is 5.97.